The van der Waals surface area contributed by atoms with Gasteiger partial charge in [-0.05, 0) is 102 Å². The lowest BCUT2D eigenvalue weighted by atomic mass is 9.94. The first-order chi connectivity index (χ1) is 30.7. The minimum atomic E-state index is 0.700. The lowest BCUT2D eigenvalue weighted by molar-refractivity contribution is 0.888. The molecular formula is C58H40N4. The van der Waals surface area contributed by atoms with Crippen LogP contribution in [0.25, 0.3) is 106 Å². The van der Waals surface area contributed by atoms with Crippen molar-refractivity contribution >= 4 is 38.8 Å². The molecule has 292 valence electrons. The molecule has 3 aromatic heterocycles. The summed E-state index contributed by atoms with van der Waals surface area (Å²) >= 11 is 0. The van der Waals surface area contributed by atoms with E-state index in [-0.39, 0.29) is 0 Å². The normalized spacial score (nSPS) is 12.3. The van der Waals surface area contributed by atoms with E-state index in [1.807, 2.05) is 24.3 Å². The van der Waals surface area contributed by atoms with Gasteiger partial charge in [0.15, 0.2) is 5.82 Å². The van der Waals surface area contributed by atoms with Crippen molar-refractivity contribution in [3.05, 3.63) is 224 Å². The molecule has 0 radical (unpaired) electrons. The Kier molecular flexibility index (Phi) is 8.60. The van der Waals surface area contributed by atoms with Gasteiger partial charge < -0.3 is 9.13 Å². The number of allylic oxidation sites excluding steroid dienone is 1. The third-order valence-corrected chi connectivity index (χ3v) is 12.4. The molecule has 0 N–H and O–H groups in total. The van der Waals surface area contributed by atoms with Crippen molar-refractivity contribution in [2.75, 3.05) is 0 Å². The van der Waals surface area contributed by atoms with E-state index < -0.39 is 0 Å². The number of benzene rings is 8. The maximum atomic E-state index is 5.27. The molecule has 3 heterocycles. The molecular weight excluding hydrogens is 753 g/mol. The van der Waals surface area contributed by atoms with Gasteiger partial charge in [0.25, 0.3) is 0 Å². The van der Waals surface area contributed by atoms with Gasteiger partial charge in [-0.2, -0.15) is 0 Å². The Morgan fingerprint density at radius 2 is 0.823 bits per heavy atom. The highest BCUT2D eigenvalue weighted by Crippen LogP contribution is 2.38. The smallest absolute Gasteiger partial charge is 0.160 e. The standard InChI is InChI=1S/C58H40N4/c1-3-15-41(16-4-1)52-38-53(60-58(59-52)42-17-5-2-6-18-42)45-36-43(39-27-31-46(32-28-39)61-54-23-11-7-19-48(54)49-20-8-12-24-55(49)61)35-44(37-45)40-29-33-47(34-30-40)62-56-25-13-9-21-50(56)51-22-10-14-26-57(51)62/h1-13,15-25,27-38H,14,26H2. The Hall–Kier alpha value is -8.08. The quantitative estimate of drug-likeness (QED) is 0.161. The van der Waals surface area contributed by atoms with Crippen molar-refractivity contribution in [2.24, 2.45) is 0 Å². The Labute approximate surface area is 360 Å². The fourth-order valence-electron chi connectivity index (χ4n) is 9.45. The molecule has 0 amide bonds. The van der Waals surface area contributed by atoms with Gasteiger partial charge in [0.05, 0.1) is 27.9 Å². The van der Waals surface area contributed by atoms with Crippen LogP contribution in [0.4, 0.5) is 0 Å². The van der Waals surface area contributed by atoms with Gasteiger partial charge in [-0.3, -0.25) is 0 Å². The first kappa shape index (κ1) is 35.8. The Balaban J connectivity index is 1.01. The van der Waals surface area contributed by atoms with Gasteiger partial charge in [-0.1, -0.05) is 152 Å². The Morgan fingerprint density at radius 3 is 1.42 bits per heavy atom. The van der Waals surface area contributed by atoms with Crippen LogP contribution in [0.1, 0.15) is 17.7 Å². The van der Waals surface area contributed by atoms with Crippen LogP contribution >= 0.6 is 0 Å². The fourth-order valence-corrected chi connectivity index (χ4v) is 9.45. The topological polar surface area (TPSA) is 35.6 Å². The number of hydrogen-bond acceptors (Lipinski definition) is 2. The van der Waals surface area contributed by atoms with Crippen LogP contribution in [0, 0.1) is 0 Å². The highest BCUT2D eigenvalue weighted by molar-refractivity contribution is 6.09. The number of fused-ring (bicyclic) bond motifs is 6. The van der Waals surface area contributed by atoms with Crippen molar-refractivity contribution < 1.29 is 0 Å². The molecule has 0 unspecified atom stereocenters. The largest absolute Gasteiger partial charge is 0.313 e. The summed E-state index contributed by atoms with van der Waals surface area (Å²) in [5.74, 6) is 0.700. The zero-order valence-corrected chi connectivity index (χ0v) is 34.0. The molecule has 4 nitrogen and oxygen atoms in total. The third kappa shape index (κ3) is 6.15. The van der Waals surface area contributed by atoms with Crippen molar-refractivity contribution in [1.29, 1.82) is 0 Å². The minimum absolute atomic E-state index is 0.700. The summed E-state index contributed by atoms with van der Waals surface area (Å²) in [6.45, 7) is 0. The number of hydrogen-bond donors (Lipinski definition) is 0. The van der Waals surface area contributed by atoms with Gasteiger partial charge >= 0.3 is 0 Å². The molecule has 0 bridgehead atoms. The van der Waals surface area contributed by atoms with Crippen LogP contribution in [0.2, 0.25) is 0 Å². The SMILES string of the molecule is C1=Cc2c(n(-c3ccc(-c4cc(-c5ccc(-n6c7ccccc7c7ccccc76)cc5)cc(-c5cc(-c6ccccc6)nc(-c6ccccc6)n5)c4)cc3)c3ccccc23)CC1. The van der Waals surface area contributed by atoms with E-state index in [2.05, 4.69) is 203 Å². The maximum absolute atomic E-state index is 5.27. The first-order valence-electron chi connectivity index (χ1n) is 21.4. The summed E-state index contributed by atoms with van der Waals surface area (Å²) in [5, 5.41) is 3.82. The van der Waals surface area contributed by atoms with E-state index in [0.717, 1.165) is 68.9 Å². The molecule has 0 aliphatic heterocycles. The lowest BCUT2D eigenvalue weighted by Gasteiger charge is -2.15. The summed E-state index contributed by atoms with van der Waals surface area (Å²) in [4.78, 5) is 10.4. The summed E-state index contributed by atoms with van der Waals surface area (Å²) in [5.41, 5.74) is 18.0. The number of nitrogens with zero attached hydrogens (tertiary/aromatic N) is 4. The van der Waals surface area contributed by atoms with E-state index in [9.17, 15) is 0 Å². The Morgan fingerprint density at radius 1 is 0.355 bits per heavy atom. The van der Waals surface area contributed by atoms with Crippen LogP contribution in [0.5, 0.6) is 0 Å². The molecule has 0 atom stereocenters. The van der Waals surface area contributed by atoms with Gasteiger partial charge in [-0.15, -0.1) is 0 Å². The summed E-state index contributed by atoms with van der Waals surface area (Å²) in [6, 6.07) is 73.9. The molecule has 4 heteroatoms. The Bertz CT molecular complexity index is 3370. The highest BCUT2D eigenvalue weighted by atomic mass is 15.0. The first-order valence-corrected chi connectivity index (χ1v) is 21.4. The number of rotatable bonds is 7. The van der Waals surface area contributed by atoms with Crippen LogP contribution in [-0.2, 0) is 6.42 Å². The molecule has 1 aliphatic carbocycles. The molecule has 0 spiro atoms. The highest BCUT2D eigenvalue weighted by Gasteiger charge is 2.19. The third-order valence-electron chi connectivity index (χ3n) is 12.4. The average Bonchev–Trinajstić information content (AvgIpc) is 3.87. The van der Waals surface area contributed by atoms with Gasteiger partial charge in [0.2, 0.25) is 0 Å². The number of aromatic nitrogens is 4. The lowest BCUT2D eigenvalue weighted by Crippen LogP contribution is -2.02. The predicted octanol–water partition coefficient (Wildman–Crippen LogP) is 14.8. The molecule has 12 rings (SSSR count). The van der Waals surface area contributed by atoms with E-state index in [0.29, 0.717) is 5.82 Å². The van der Waals surface area contributed by atoms with E-state index >= 15 is 0 Å². The molecule has 11 aromatic rings. The van der Waals surface area contributed by atoms with Crippen LogP contribution < -0.4 is 0 Å². The zero-order chi connectivity index (χ0) is 41.0. The second-order valence-corrected chi connectivity index (χ2v) is 16.1. The van der Waals surface area contributed by atoms with Gasteiger partial charge in [0.1, 0.15) is 0 Å². The van der Waals surface area contributed by atoms with Crippen molar-refractivity contribution in [1.82, 2.24) is 19.1 Å². The fraction of sp³-hybridized carbons (Fsp3) is 0.0345. The molecule has 62 heavy (non-hydrogen) atoms. The van der Waals surface area contributed by atoms with Crippen molar-refractivity contribution in [3.63, 3.8) is 0 Å². The van der Waals surface area contributed by atoms with Crippen molar-refractivity contribution in [2.45, 2.75) is 12.8 Å². The van der Waals surface area contributed by atoms with Gasteiger partial charge in [0, 0.05) is 55.5 Å². The second kappa shape index (κ2) is 14.9. The average molecular weight is 793 g/mol. The van der Waals surface area contributed by atoms with Crippen LogP contribution in [0.3, 0.4) is 0 Å². The molecule has 1 aliphatic rings. The molecule has 8 aromatic carbocycles. The summed E-state index contributed by atoms with van der Waals surface area (Å²) in [7, 11) is 0. The zero-order valence-electron chi connectivity index (χ0n) is 34.0. The molecule has 0 saturated heterocycles. The number of para-hydroxylation sites is 3. The maximum Gasteiger partial charge on any atom is 0.160 e. The molecule has 0 fully saturated rings. The van der Waals surface area contributed by atoms with Crippen LogP contribution in [-0.4, -0.2) is 19.1 Å². The van der Waals surface area contributed by atoms with Crippen molar-refractivity contribution in [3.8, 4) is 67.5 Å². The minimum Gasteiger partial charge on any atom is -0.313 e. The predicted molar refractivity (Wildman–Crippen MR) is 258 cm³/mol. The monoisotopic (exact) mass is 792 g/mol. The van der Waals surface area contributed by atoms with E-state index in [1.54, 1.807) is 0 Å². The van der Waals surface area contributed by atoms with Gasteiger partial charge in [-0.25, -0.2) is 9.97 Å². The summed E-state index contributed by atoms with van der Waals surface area (Å²) in [6.07, 6.45) is 6.68. The van der Waals surface area contributed by atoms with E-state index in [4.69, 9.17) is 9.97 Å². The second-order valence-electron chi connectivity index (χ2n) is 16.1. The van der Waals surface area contributed by atoms with Crippen LogP contribution in [0.15, 0.2) is 212 Å². The van der Waals surface area contributed by atoms with E-state index in [1.165, 1.54) is 49.7 Å². The summed E-state index contributed by atoms with van der Waals surface area (Å²) < 4.78 is 4.83. The molecule has 0 saturated carbocycles.